The maximum atomic E-state index is 5.26. The summed E-state index contributed by atoms with van der Waals surface area (Å²) in [6.07, 6.45) is 5.17. The van der Waals surface area contributed by atoms with Crippen molar-refractivity contribution in [2.45, 2.75) is 12.8 Å². The van der Waals surface area contributed by atoms with Gasteiger partial charge < -0.3 is 4.57 Å². The second-order valence-corrected chi connectivity index (χ2v) is 14.6. The number of fused-ring (bicyclic) bond motifs is 6. The third-order valence-electron chi connectivity index (χ3n) is 11.2. The minimum absolute atomic E-state index is 0.600. The average Bonchev–Trinajstić information content (AvgIpc) is 3.82. The second kappa shape index (κ2) is 14.1. The first-order valence-electron chi connectivity index (χ1n) is 19.7. The highest BCUT2D eigenvalue weighted by Gasteiger charge is 2.21. The molecule has 0 aliphatic rings. The van der Waals surface area contributed by atoms with E-state index in [9.17, 15) is 0 Å². The molecule has 58 heavy (non-hydrogen) atoms. The molecule has 0 spiro atoms. The number of aromatic nitrogens is 6. The summed E-state index contributed by atoms with van der Waals surface area (Å²) in [7, 11) is 0. The smallest absolute Gasteiger partial charge is 0.238 e. The van der Waals surface area contributed by atoms with E-state index in [1.165, 1.54) is 38.2 Å². The largest absolute Gasteiger partial charge is 0.307 e. The van der Waals surface area contributed by atoms with E-state index in [1.807, 2.05) is 30.6 Å². The number of hydrogen-bond acceptors (Lipinski definition) is 4. The molecule has 6 heteroatoms. The van der Waals surface area contributed by atoms with E-state index in [-0.39, 0.29) is 0 Å². The van der Waals surface area contributed by atoms with Crippen molar-refractivity contribution in [3.8, 4) is 45.3 Å². The molecule has 11 rings (SSSR count). The Balaban J connectivity index is 1.10. The van der Waals surface area contributed by atoms with Crippen molar-refractivity contribution in [2.75, 3.05) is 0 Å². The summed E-state index contributed by atoms with van der Waals surface area (Å²) in [6.45, 7) is 0. The zero-order valence-corrected chi connectivity index (χ0v) is 31.6. The molecule has 0 radical (unpaired) electrons. The van der Waals surface area contributed by atoms with E-state index in [4.69, 9.17) is 15.0 Å². The predicted molar refractivity (Wildman–Crippen MR) is 236 cm³/mol. The van der Waals surface area contributed by atoms with Crippen molar-refractivity contribution in [1.29, 1.82) is 0 Å². The highest BCUT2D eigenvalue weighted by molar-refractivity contribution is 6.10. The van der Waals surface area contributed by atoms with Gasteiger partial charge in [0.05, 0.1) is 34.0 Å². The Morgan fingerprint density at radius 1 is 0.397 bits per heavy atom. The minimum atomic E-state index is 0.600. The van der Waals surface area contributed by atoms with Crippen LogP contribution in [0, 0.1) is 0 Å². The van der Waals surface area contributed by atoms with Gasteiger partial charge in [-0.05, 0) is 59.0 Å². The standard InChI is InChI=1S/C52H36N6/c1-3-15-35(16-4-1)38-20-13-21-39(33-38)40-25-14-19-36(50(40)57-45-26-10-7-24-43(45)44-31-32-53-34-48(44)57)29-30-49-54-51(37-17-5-2-6-18-37)56-52(55-49)58-46-27-11-8-22-41(46)42-23-9-12-28-47(42)58/h1-28,31-34H,29-30H2. The first kappa shape index (κ1) is 33.6. The Bertz CT molecular complexity index is 3180. The summed E-state index contributed by atoms with van der Waals surface area (Å²) in [6, 6.07) is 64.1. The van der Waals surface area contributed by atoms with Gasteiger partial charge in [-0.2, -0.15) is 9.97 Å². The molecule has 0 N–H and O–H groups in total. The number of benzene rings is 7. The lowest BCUT2D eigenvalue weighted by Gasteiger charge is -2.19. The molecule has 0 aliphatic heterocycles. The maximum Gasteiger partial charge on any atom is 0.238 e. The first-order chi connectivity index (χ1) is 28.8. The monoisotopic (exact) mass is 744 g/mol. The van der Waals surface area contributed by atoms with Crippen LogP contribution in [0.2, 0.25) is 0 Å². The van der Waals surface area contributed by atoms with Crippen LogP contribution in [0.1, 0.15) is 11.4 Å². The summed E-state index contributed by atoms with van der Waals surface area (Å²) >= 11 is 0. The molecule has 0 bridgehead atoms. The molecule has 0 saturated carbocycles. The highest BCUT2D eigenvalue weighted by Crippen LogP contribution is 2.39. The Morgan fingerprint density at radius 2 is 0.966 bits per heavy atom. The second-order valence-electron chi connectivity index (χ2n) is 14.6. The molecule has 4 aromatic heterocycles. The van der Waals surface area contributed by atoms with Crippen LogP contribution in [0.5, 0.6) is 0 Å². The van der Waals surface area contributed by atoms with Gasteiger partial charge in [0, 0.05) is 45.3 Å². The third kappa shape index (κ3) is 5.73. The van der Waals surface area contributed by atoms with Crippen LogP contribution in [0.25, 0.3) is 88.9 Å². The van der Waals surface area contributed by atoms with Crippen molar-refractivity contribution >= 4 is 43.6 Å². The molecule has 11 aromatic rings. The van der Waals surface area contributed by atoms with Crippen LogP contribution >= 0.6 is 0 Å². The van der Waals surface area contributed by atoms with Crippen molar-refractivity contribution < 1.29 is 0 Å². The van der Waals surface area contributed by atoms with Gasteiger partial charge in [-0.25, -0.2) is 4.98 Å². The molecule has 0 unspecified atom stereocenters. The van der Waals surface area contributed by atoms with E-state index < -0.39 is 0 Å². The summed E-state index contributed by atoms with van der Waals surface area (Å²) in [5.74, 6) is 2.00. The van der Waals surface area contributed by atoms with Crippen LogP contribution in [0.15, 0.2) is 194 Å². The summed E-state index contributed by atoms with van der Waals surface area (Å²) in [4.78, 5) is 20.2. The number of aryl methyl sites for hydroxylation is 2. The summed E-state index contributed by atoms with van der Waals surface area (Å²) < 4.78 is 4.59. The highest BCUT2D eigenvalue weighted by atomic mass is 15.2. The quantitative estimate of drug-likeness (QED) is 0.155. The van der Waals surface area contributed by atoms with E-state index in [2.05, 4.69) is 178 Å². The molecule has 0 aliphatic carbocycles. The van der Waals surface area contributed by atoms with Gasteiger partial charge in [0.1, 0.15) is 5.82 Å². The SMILES string of the molecule is c1ccc(-c2cccc(-c3cccc(CCc4nc(-c5ccccc5)nc(-n5c6ccccc6c6ccccc65)n4)c3-n3c4ccccc4c4ccncc43)c2)cc1. The fourth-order valence-electron chi connectivity index (χ4n) is 8.57. The number of para-hydroxylation sites is 4. The van der Waals surface area contributed by atoms with E-state index in [0.29, 0.717) is 24.6 Å². The molecule has 274 valence electrons. The van der Waals surface area contributed by atoms with Crippen LogP contribution in [0.4, 0.5) is 0 Å². The Morgan fingerprint density at radius 3 is 1.67 bits per heavy atom. The van der Waals surface area contributed by atoms with Crippen molar-refractivity contribution in [3.05, 3.63) is 206 Å². The van der Waals surface area contributed by atoms with Gasteiger partial charge in [0.25, 0.3) is 0 Å². The normalized spacial score (nSPS) is 11.6. The zero-order chi connectivity index (χ0) is 38.4. The summed E-state index contributed by atoms with van der Waals surface area (Å²) in [5, 5.41) is 4.70. The van der Waals surface area contributed by atoms with Crippen molar-refractivity contribution in [2.24, 2.45) is 0 Å². The minimum Gasteiger partial charge on any atom is -0.307 e. The van der Waals surface area contributed by atoms with Crippen LogP contribution in [-0.4, -0.2) is 29.1 Å². The molecule has 0 saturated heterocycles. The van der Waals surface area contributed by atoms with E-state index in [0.717, 1.165) is 50.3 Å². The molecule has 7 aromatic carbocycles. The van der Waals surface area contributed by atoms with E-state index >= 15 is 0 Å². The van der Waals surface area contributed by atoms with Gasteiger partial charge in [-0.3, -0.25) is 9.55 Å². The van der Waals surface area contributed by atoms with Crippen LogP contribution in [-0.2, 0) is 12.8 Å². The lowest BCUT2D eigenvalue weighted by Crippen LogP contribution is -2.10. The molecular weight excluding hydrogens is 709 g/mol. The van der Waals surface area contributed by atoms with Gasteiger partial charge in [-0.15, -0.1) is 0 Å². The lowest BCUT2D eigenvalue weighted by atomic mass is 9.94. The van der Waals surface area contributed by atoms with Gasteiger partial charge >= 0.3 is 0 Å². The number of nitrogens with zero attached hydrogens (tertiary/aromatic N) is 6. The van der Waals surface area contributed by atoms with E-state index in [1.54, 1.807) is 0 Å². The van der Waals surface area contributed by atoms with Gasteiger partial charge in [0.2, 0.25) is 5.95 Å². The summed E-state index contributed by atoms with van der Waals surface area (Å²) in [5.41, 5.74) is 12.3. The Kier molecular flexibility index (Phi) is 8.18. The zero-order valence-electron chi connectivity index (χ0n) is 31.6. The predicted octanol–water partition coefficient (Wildman–Crippen LogP) is 12.2. The molecule has 0 fully saturated rings. The maximum absolute atomic E-state index is 5.26. The first-order valence-corrected chi connectivity index (χ1v) is 19.7. The molecule has 4 heterocycles. The van der Waals surface area contributed by atoms with Crippen molar-refractivity contribution in [1.82, 2.24) is 29.1 Å². The fourth-order valence-corrected chi connectivity index (χ4v) is 8.57. The van der Waals surface area contributed by atoms with Gasteiger partial charge in [-0.1, -0.05) is 152 Å². The van der Waals surface area contributed by atoms with Gasteiger partial charge in [0.15, 0.2) is 5.82 Å². The number of rotatable bonds is 8. The average molecular weight is 745 g/mol. The number of hydrogen-bond donors (Lipinski definition) is 0. The topological polar surface area (TPSA) is 61.4 Å². The Labute approximate surface area is 335 Å². The number of pyridine rings is 1. The molecule has 6 nitrogen and oxygen atoms in total. The van der Waals surface area contributed by atoms with Crippen LogP contribution in [0.3, 0.4) is 0 Å². The fraction of sp³-hybridized carbons (Fsp3) is 0.0385. The lowest BCUT2D eigenvalue weighted by molar-refractivity contribution is 0.814. The molecule has 0 atom stereocenters. The van der Waals surface area contributed by atoms with Crippen molar-refractivity contribution in [3.63, 3.8) is 0 Å². The van der Waals surface area contributed by atoms with Crippen LogP contribution < -0.4 is 0 Å². The third-order valence-corrected chi connectivity index (χ3v) is 11.2. The molecular formula is C52H36N6. The molecule has 0 amide bonds. The Hall–Kier alpha value is -7.70.